The molecule has 0 amide bonds. The van der Waals surface area contributed by atoms with Gasteiger partial charge < -0.3 is 4.90 Å². The number of thiocarbonyl (C=S) groups is 3. The van der Waals surface area contributed by atoms with E-state index in [9.17, 15) is 0 Å². The fraction of sp³-hybridized carbons (Fsp3) is 0.769. The molecule has 0 aromatic heterocycles. The molecular weight excluding hydrogens is 521 g/mol. The minimum Gasteiger partial charge on any atom is 0 e. The van der Waals surface area contributed by atoms with Crippen molar-refractivity contribution in [1.29, 1.82) is 0 Å². The standard InChI is InChI=1S/C7H15NS2.2C3H7NS2.2Zn/c1-4-8(5-2)7(9)10-6-3;2*1-4(2)3(5)6;;/h4-6H2,1-3H3;2*1-2H3,(H,5,6);;/q;;;;+2/p-2. The fourth-order valence-corrected chi connectivity index (χ4v) is 16.6. The molecule has 0 aromatic carbocycles. The van der Waals surface area contributed by atoms with E-state index in [1.165, 1.54) is 0 Å². The van der Waals surface area contributed by atoms with Gasteiger partial charge in [0.1, 0.15) is 4.32 Å². The molecule has 0 rings (SSSR count). The van der Waals surface area contributed by atoms with Gasteiger partial charge in [-0.3, -0.25) is 0 Å². The molecule has 24 heavy (non-hydrogen) atoms. The Labute approximate surface area is 195 Å². The minimum absolute atomic E-state index is 0. The van der Waals surface area contributed by atoms with Crippen LogP contribution >= 0.6 is 67.9 Å². The molecule has 11 heteroatoms. The third kappa shape index (κ3) is 17.4. The summed E-state index contributed by atoms with van der Waals surface area (Å²) in [6, 6.07) is 0. The molecule has 0 saturated carbocycles. The van der Waals surface area contributed by atoms with Crippen molar-refractivity contribution in [2.75, 3.05) is 47.0 Å². The smallest absolute Gasteiger partial charge is 0 e. The van der Waals surface area contributed by atoms with Crippen molar-refractivity contribution in [1.82, 2.24) is 14.7 Å². The van der Waals surface area contributed by atoms with Gasteiger partial charge in [0.25, 0.3) is 0 Å². The molecule has 0 N–H and O–H groups in total. The molecule has 0 aliphatic rings. The maximum Gasteiger partial charge on any atom is 0 e. The van der Waals surface area contributed by atoms with Crippen molar-refractivity contribution in [3.8, 4) is 0 Å². The second-order valence-electron chi connectivity index (χ2n) is 4.60. The molecule has 0 aliphatic carbocycles. The summed E-state index contributed by atoms with van der Waals surface area (Å²) in [4.78, 5) is 6.15. The van der Waals surface area contributed by atoms with Gasteiger partial charge in [-0.2, -0.15) is 0 Å². The Bertz CT molecular complexity index is 346. The van der Waals surface area contributed by atoms with Gasteiger partial charge in [-0.1, -0.05) is 30.9 Å². The van der Waals surface area contributed by atoms with Crippen molar-refractivity contribution in [3.63, 3.8) is 0 Å². The van der Waals surface area contributed by atoms with Crippen LogP contribution in [0.1, 0.15) is 20.8 Å². The quantitative estimate of drug-likeness (QED) is 0.362. The molecule has 0 radical (unpaired) electrons. The summed E-state index contributed by atoms with van der Waals surface area (Å²) in [7, 11) is 11.6. The van der Waals surface area contributed by atoms with Crippen LogP contribution < -0.4 is 0 Å². The Morgan fingerprint density at radius 1 is 0.792 bits per heavy atom. The molecule has 0 aliphatic heterocycles. The summed E-state index contributed by atoms with van der Waals surface area (Å²) in [6.45, 7) is 8.45. The number of nitrogens with zero attached hydrogens (tertiary/aromatic N) is 3. The monoisotopic (exact) mass is 545 g/mol. The molecule has 3 nitrogen and oxygen atoms in total. The first-order chi connectivity index (χ1) is 10.7. The van der Waals surface area contributed by atoms with E-state index >= 15 is 0 Å². The van der Waals surface area contributed by atoms with Gasteiger partial charge in [0.2, 0.25) is 0 Å². The van der Waals surface area contributed by atoms with E-state index in [-0.39, 0.29) is 19.5 Å². The average molecular weight is 549 g/mol. The van der Waals surface area contributed by atoms with Crippen LogP contribution in [-0.2, 0) is 34.2 Å². The van der Waals surface area contributed by atoms with Crippen LogP contribution in [0.4, 0.5) is 0 Å². The first-order valence-corrected chi connectivity index (χ1v) is 18.8. The summed E-state index contributed by atoms with van der Waals surface area (Å²) in [6.07, 6.45) is 0. The summed E-state index contributed by atoms with van der Waals surface area (Å²) in [5, 5.41) is 0. The van der Waals surface area contributed by atoms with Crippen LogP contribution in [0.5, 0.6) is 0 Å². The number of thioether (sulfide) groups is 1. The number of hydrogen-bond acceptors (Lipinski definition) is 6. The molecule has 0 fully saturated rings. The second-order valence-corrected chi connectivity index (χ2v) is 18.2. The average Bonchev–Trinajstić information content (AvgIpc) is 2.48. The van der Waals surface area contributed by atoms with E-state index in [4.69, 9.17) is 36.7 Å². The maximum atomic E-state index is 5.16. The first kappa shape index (κ1) is 30.7. The van der Waals surface area contributed by atoms with Crippen LogP contribution in [-0.4, -0.2) is 74.7 Å². The van der Waals surface area contributed by atoms with Gasteiger partial charge in [0, 0.05) is 32.6 Å². The molecule has 0 aromatic rings. The number of rotatable bonds is 5. The summed E-state index contributed by atoms with van der Waals surface area (Å²) in [5.74, 6) is 1.08. The Kier molecular flexibility index (Phi) is 25.2. The van der Waals surface area contributed by atoms with Crippen molar-refractivity contribution in [2.24, 2.45) is 0 Å². The zero-order chi connectivity index (χ0) is 18.4. The predicted molar refractivity (Wildman–Crippen MR) is 121 cm³/mol. The largest absolute Gasteiger partial charge is 0 e. The molecule has 0 unspecified atom stereocenters. The first-order valence-electron chi connectivity index (χ1n) is 7.30. The summed E-state index contributed by atoms with van der Waals surface area (Å²) in [5.41, 5.74) is 0. The maximum absolute atomic E-state index is 5.16. The third-order valence-corrected chi connectivity index (χ3v) is 17.9. The van der Waals surface area contributed by atoms with Gasteiger partial charge in [-0.25, -0.2) is 0 Å². The van der Waals surface area contributed by atoms with Crippen molar-refractivity contribution < 1.29 is 34.2 Å². The Morgan fingerprint density at radius 3 is 1.42 bits per heavy atom. The molecule has 0 bridgehead atoms. The van der Waals surface area contributed by atoms with E-state index in [2.05, 4.69) is 25.7 Å². The summed E-state index contributed by atoms with van der Waals surface area (Å²) < 4.78 is 3.00. The zero-order valence-electron chi connectivity index (χ0n) is 15.8. The Hall–Kier alpha value is 1.97. The van der Waals surface area contributed by atoms with E-state index in [0.717, 1.165) is 31.8 Å². The topological polar surface area (TPSA) is 9.72 Å². The number of hydrogen-bond donors (Lipinski definition) is 0. The van der Waals surface area contributed by atoms with Gasteiger partial charge in [0.05, 0.1) is 0 Å². The molecule has 134 valence electrons. The van der Waals surface area contributed by atoms with Crippen LogP contribution in [0.25, 0.3) is 0 Å². The molecular formula is C13H27N3S6Zn2. The summed E-state index contributed by atoms with van der Waals surface area (Å²) >= 11 is 16.5. The van der Waals surface area contributed by atoms with E-state index in [1.807, 2.05) is 57.5 Å². The van der Waals surface area contributed by atoms with Gasteiger partial charge >= 0.3 is 105 Å². The van der Waals surface area contributed by atoms with Crippen molar-refractivity contribution in [3.05, 3.63) is 0 Å². The van der Waals surface area contributed by atoms with E-state index in [0.29, 0.717) is 0 Å². The van der Waals surface area contributed by atoms with Crippen molar-refractivity contribution >= 4 is 80.9 Å². The predicted octanol–water partition coefficient (Wildman–Crippen LogP) is 4.42. The van der Waals surface area contributed by atoms with Crippen LogP contribution in [0.2, 0.25) is 0 Å². The second kappa shape index (κ2) is 19.7. The molecule has 0 heterocycles. The van der Waals surface area contributed by atoms with Crippen LogP contribution in [0, 0.1) is 0 Å². The van der Waals surface area contributed by atoms with E-state index < -0.39 is 14.7 Å². The SMILES string of the molecule is CCSC(=S)N(CC)CC.CN(C)C(=S)[S][Zn][S]C(=S)N(C)C.[Zn]. The molecule has 0 spiro atoms. The zero-order valence-corrected chi connectivity index (χ0v) is 26.7. The molecule has 0 atom stereocenters. The van der Waals surface area contributed by atoms with Gasteiger partial charge in [0.15, 0.2) is 0 Å². The van der Waals surface area contributed by atoms with Crippen LogP contribution in [0.15, 0.2) is 0 Å². The normalized spacial score (nSPS) is 8.79. The third-order valence-electron chi connectivity index (χ3n) is 2.38. The fourth-order valence-electron chi connectivity index (χ4n) is 1.09. The Balaban J connectivity index is -0.000000364. The van der Waals surface area contributed by atoms with E-state index in [1.54, 1.807) is 11.8 Å². The van der Waals surface area contributed by atoms with Crippen LogP contribution in [0.3, 0.4) is 0 Å². The Morgan fingerprint density at radius 2 is 1.17 bits per heavy atom. The van der Waals surface area contributed by atoms with Crippen molar-refractivity contribution in [2.45, 2.75) is 20.8 Å². The van der Waals surface area contributed by atoms with Gasteiger partial charge in [-0.05, 0) is 19.6 Å². The molecule has 0 saturated heterocycles. The van der Waals surface area contributed by atoms with Gasteiger partial charge in [-0.15, -0.1) is 0 Å². The minimum atomic E-state index is -0.716.